The van der Waals surface area contributed by atoms with Crippen molar-refractivity contribution in [1.29, 1.82) is 0 Å². The lowest BCUT2D eigenvalue weighted by molar-refractivity contribution is 0.0735. The summed E-state index contributed by atoms with van der Waals surface area (Å²) in [5.74, 6) is -0.143. The average Bonchev–Trinajstić information content (AvgIpc) is 2.47. The molecule has 22 heavy (non-hydrogen) atoms. The molecule has 1 aromatic heterocycles. The number of benzene rings is 2. The predicted octanol–water partition coefficient (Wildman–Crippen LogP) is 4.08. The normalized spacial score (nSPS) is 10.6. The van der Waals surface area contributed by atoms with E-state index in [1.807, 2.05) is 6.92 Å². The summed E-state index contributed by atoms with van der Waals surface area (Å²) < 4.78 is 11.3. The van der Waals surface area contributed by atoms with Crippen molar-refractivity contribution in [3.8, 4) is 5.75 Å². The van der Waals surface area contributed by atoms with E-state index < -0.39 is 11.6 Å². The molecule has 0 aliphatic rings. The van der Waals surface area contributed by atoms with Crippen LogP contribution in [0.2, 0.25) is 0 Å². The minimum atomic E-state index is -0.471. The van der Waals surface area contributed by atoms with Crippen LogP contribution >= 0.6 is 15.9 Å². The van der Waals surface area contributed by atoms with E-state index in [0.29, 0.717) is 16.9 Å². The molecule has 3 aromatic rings. The first-order chi connectivity index (χ1) is 10.5. The molecule has 0 saturated heterocycles. The van der Waals surface area contributed by atoms with Crippen molar-refractivity contribution in [3.63, 3.8) is 0 Å². The zero-order valence-electron chi connectivity index (χ0n) is 11.6. The second-order valence-electron chi connectivity index (χ2n) is 4.80. The number of ether oxygens (including phenoxy) is 1. The van der Waals surface area contributed by atoms with Crippen LogP contribution in [0.5, 0.6) is 5.75 Å². The van der Waals surface area contributed by atoms with Crippen LogP contribution in [0, 0.1) is 6.92 Å². The first-order valence-electron chi connectivity index (χ1n) is 6.55. The van der Waals surface area contributed by atoms with Gasteiger partial charge < -0.3 is 9.15 Å². The highest BCUT2D eigenvalue weighted by Crippen LogP contribution is 2.23. The fraction of sp³-hybridized carbons (Fsp3) is 0.0588. The molecular weight excluding hydrogens is 348 g/mol. The Morgan fingerprint density at radius 1 is 1.09 bits per heavy atom. The summed E-state index contributed by atoms with van der Waals surface area (Å²) in [7, 11) is 0. The van der Waals surface area contributed by atoms with Gasteiger partial charge in [-0.25, -0.2) is 9.59 Å². The molecule has 0 aliphatic heterocycles. The molecule has 2 aromatic carbocycles. The third kappa shape index (κ3) is 2.94. The quantitative estimate of drug-likeness (QED) is 0.393. The Labute approximate surface area is 134 Å². The van der Waals surface area contributed by atoms with Crippen LogP contribution in [0.3, 0.4) is 0 Å². The van der Waals surface area contributed by atoms with Gasteiger partial charge in [0.1, 0.15) is 11.3 Å². The highest BCUT2D eigenvalue weighted by Gasteiger charge is 2.10. The van der Waals surface area contributed by atoms with E-state index in [1.165, 1.54) is 6.07 Å². The SMILES string of the molecule is Cc1cc(=O)oc2cc(OC(=O)c3ccc(Br)cc3)ccc12. The molecule has 0 amide bonds. The summed E-state index contributed by atoms with van der Waals surface area (Å²) in [5, 5.41) is 0.808. The number of aryl methyl sites for hydroxylation is 1. The second kappa shape index (κ2) is 5.77. The number of halogens is 1. The number of fused-ring (bicyclic) bond motifs is 1. The molecule has 0 radical (unpaired) electrons. The van der Waals surface area contributed by atoms with Crippen LogP contribution in [-0.2, 0) is 0 Å². The average molecular weight is 359 g/mol. The minimum Gasteiger partial charge on any atom is -0.423 e. The number of hydrogen-bond acceptors (Lipinski definition) is 4. The summed E-state index contributed by atoms with van der Waals surface area (Å²) in [4.78, 5) is 23.5. The van der Waals surface area contributed by atoms with Gasteiger partial charge in [-0.15, -0.1) is 0 Å². The minimum absolute atomic E-state index is 0.328. The molecule has 4 nitrogen and oxygen atoms in total. The van der Waals surface area contributed by atoms with Gasteiger partial charge in [0.05, 0.1) is 5.56 Å². The molecule has 0 saturated carbocycles. The number of hydrogen-bond donors (Lipinski definition) is 0. The van der Waals surface area contributed by atoms with E-state index in [1.54, 1.807) is 42.5 Å². The maximum atomic E-state index is 12.1. The highest BCUT2D eigenvalue weighted by molar-refractivity contribution is 9.10. The molecule has 0 unspecified atom stereocenters. The molecule has 0 aliphatic carbocycles. The zero-order valence-corrected chi connectivity index (χ0v) is 13.2. The maximum absolute atomic E-state index is 12.1. The first-order valence-corrected chi connectivity index (χ1v) is 7.34. The second-order valence-corrected chi connectivity index (χ2v) is 5.72. The van der Waals surface area contributed by atoms with Gasteiger partial charge >= 0.3 is 11.6 Å². The summed E-state index contributed by atoms with van der Waals surface area (Å²) in [5.41, 5.74) is 1.22. The lowest BCUT2D eigenvalue weighted by atomic mass is 10.1. The van der Waals surface area contributed by atoms with Crippen LogP contribution in [0.15, 0.2) is 62.2 Å². The Bertz CT molecular complexity index is 910. The van der Waals surface area contributed by atoms with Crippen molar-refractivity contribution in [2.45, 2.75) is 6.92 Å². The largest absolute Gasteiger partial charge is 0.423 e. The molecular formula is C17H11BrO4. The van der Waals surface area contributed by atoms with Gasteiger partial charge in [-0.2, -0.15) is 0 Å². The fourth-order valence-corrected chi connectivity index (χ4v) is 2.39. The van der Waals surface area contributed by atoms with E-state index in [0.717, 1.165) is 15.4 Å². The van der Waals surface area contributed by atoms with Crippen LogP contribution in [0.25, 0.3) is 11.0 Å². The van der Waals surface area contributed by atoms with Gasteiger partial charge in [0.2, 0.25) is 0 Å². The topological polar surface area (TPSA) is 56.5 Å². The third-order valence-electron chi connectivity index (χ3n) is 3.21. The summed E-state index contributed by atoms with van der Waals surface area (Å²) in [6, 6.07) is 13.3. The predicted molar refractivity (Wildman–Crippen MR) is 86.3 cm³/mol. The molecule has 3 rings (SSSR count). The van der Waals surface area contributed by atoms with Gasteiger partial charge in [0, 0.05) is 22.0 Å². The van der Waals surface area contributed by atoms with Crippen molar-refractivity contribution in [2.75, 3.05) is 0 Å². The summed E-state index contributed by atoms with van der Waals surface area (Å²) in [6.45, 7) is 1.83. The highest BCUT2D eigenvalue weighted by atomic mass is 79.9. The van der Waals surface area contributed by atoms with E-state index in [4.69, 9.17) is 9.15 Å². The Morgan fingerprint density at radius 3 is 2.55 bits per heavy atom. The van der Waals surface area contributed by atoms with Crippen molar-refractivity contribution >= 4 is 32.9 Å². The lowest BCUT2D eigenvalue weighted by Gasteiger charge is -2.06. The van der Waals surface area contributed by atoms with Crippen molar-refractivity contribution in [2.24, 2.45) is 0 Å². The Hall–Kier alpha value is -2.40. The van der Waals surface area contributed by atoms with Gasteiger partial charge in [0.15, 0.2) is 0 Å². The first kappa shape index (κ1) is 14.5. The molecule has 0 fully saturated rings. The number of rotatable bonds is 2. The van der Waals surface area contributed by atoms with Gasteiger partial charge in [-0.3, -0.25) is 0 Å². The van der Waals surface area contributed by atoms with Crippen molar-refractivity contribution in [1.82, 2.24) is 0 Å². The van der Waals surface area contributed by atoms with Crippen LogP contribution < -0.4 is 10.4 Å². The molecule has 0 spiro atoms. The number of carbonyl (C=O) groups excluding carboxylic acids is 1. The van der Waals surface area contributed by atoms with E-state index in [9.17, 15) is 9.59 Å². The van der Waals surface area contributed by atoms with E-state index in [-0.39, 0.29) is 0 Å². The van der Waals surface area contributed by atoms with Gasteiger partial charge in [-0.05, 0) is 48.9 Å². The van der Waals surface area contributed by atoms with Gasteiger partial charge in [0.25, 0.3) is 0 Å². The van der Waals surface area contributed by atoms with Gasteiger partial charge in [-0.1, -0.05) is 15.9 Å². The summed E-state index contributed by atoms with van der Waals surface area (Å²) in [6.07, 6.45) is 0. The maximum Gasteiger partial charge on any atom is 0.343 e. The van der Waals surface area contributed by atoms with Crippen molar-refractivity contribution < 1.29 is 13.9 Å². The number of esters is 1. The number of carbonyl (C=O) groups is 1. The van der Waals surface area contributed by atoms with E-state index in [2.05, 4.69) is 15.9 Å². The van der Waals surface area contributed by atoms with Crippen LogP contribution in [0.1, 0.15) is 15.9 Å². The molecule has 5 heteroatoms. The Morgan fingerprint density at radius 2 is 1.82 bits per heavy atom. The van der Waals surface area contributed by atoms with Crippen LogP contribution in [-0.4, -0.2) is 5.97 Å². The monoisotopic (exact) mass is 358 g/mol. The van der Waals surface area contributed by atoms with E-state index >= 15 is 0 Å². The van der Waals surface area contributed by atoms with Crippen molar-refractivity contribution in [3.05, 3.63) is 74.6 Å². The standard InChI is InChI=1S/C17H11BrO4/c1-10-8-16(19)22-15-9-13(6-7-14(10)15)21-17(20)11-2-4-12(18)5-3-11/h2-9H,1H3. The van der Waals surface area contributed by atoms with Crippen LogP contribution in [0.4, 0.5) is 0 Å². The smallest absolute Gasteiger partial charge is 0.343 e. The Balaban J connectivity index is 1.92. The lowest BCUT2D eigenvalue weighted by Crippen LogP contribution is -2.08. The third-order valence-corrected chi connectivity index (χ3v) is 3.74. The molecule has 0 bridgehead atoms. The molecule has 1 heterocycles. The molecule has 0 atom stereocenters. The fourth-order valence-electron chi connectivity index (χ4n) is 2.12. The zero-order chi connectivity index (χ0) is 15.7. The molecule has 0 N–H and O–H groups in total. The summed E-state index contributed by atoms with van der Waals surface area (Å²) >= 11 is 3.31. The molecule has 110 valence electrons. The Kier molecular flexibility index (Phi) is 3.81.